The highest BCUT2D eigenvalue weighted by molar-refractivity contribution is 5.78. The van der Waals surface area contributed by atoms with Crippen molar-refractivity contribution in [3.63, 3.8) is 0 Å². The minimum absolute atomic E-state index is 0.135. The lowest BCUT2D eigenvalue weighted by Gasteiger charge is -2.38. The number of ether oxygens (including phenoxy) is 1. The maximum atomic E-state index is 12.6. The van der Waals surface area contributed by atoms with E-state index < -0.39 is 0 Å². The van der Waals surface area contributed by atoms with Crippen LogP contribution in [0.1, 0.15) is 26.6 Å². The van der Waals surface area contributed by atoms with Gasteiger partial charge in [0.05, 0.1) is 18.8 Å². The first kappa shape index (κ1) is 19.3. The highest BCUT2D eigenvalue weighted by Crippen LogP contribution is 2.12. The second-order valence-corrected chi connectivity index (χ2v) is 7.56. The predicted octanol–water partition coefficient (Wildman–Crippen LogP) is 0.699. The van der Waals surface area contributed by atoms with E-state index >= 15 is 0 Å². The molecule has 3 rings (SSSR count). The standard InChI is InChI=1S/C19H33N5O2/c1-4-18-20-5-6-23(18)12-11-21-7-9-22(10-8-21)15-19(25)24-13-16(2)26-17(3)14-24/h5-6,16-17H,4,7-15H2,1-3H3. The molecule has 2 aliphatic rings. The zero-order chi connectivity index (χ0) is 18.5. The van der Waals surface area contributed by atoms with E-state index in [9.17, 15) is 4.79 Å². The Bertz CT molecular complexity index is 572. The van der Waals surface area contributed by atoms with Gasteiger partial charge in [-0.25, -0.2) is 4.98 Å². The van der Waals surface area contributed by atoms with Crippen LogP contribution in [-0.4, -0.2) is 94.7 Å². The Morgan fingerprint density at radius 1 is 1.12 bits per heavy atom. The molecule has 2 saturated heterocycles. The second kappa shape index (κ2) is 8.97. The number of morpholine rings is 1. The van der Waals surface area contributed by atoms with Gasteiger partial charge in [-0.1, -0.05) is 6.92 Å². The summed E-state index contributed by atoms with van der Waals surface area (Å²) in [5.74, 6) is 1.40. The number of hydrogen-bond donors (Lipinski definition) is 0. The first-order valence-electron chi connectivity index (χ1n) is 9.93. The van der Waals surface area contributed by atoms with Gasteiger partial charge in [0.15, 0.2) is 0 Å². The highest BCUT2D eigenvalue weighted by atomic mass is 16.5. The van der Waals surface area contributed by atoms with Crippen molar-refractivity contribution >= 4 is 5.91 Å². The van der Waals surface area contributed by atoms with Gasteiger partial charge in [0.1, 0.15) is 5.82 Å². The van der Waals surface area contributed by atoms with E-state index in [4.69, 9.17) is 4.74 Å². The molecule has 3 heterocycles. The number of hydrogen-bond acceptors (Lipinski definition) is 5. The van der Waals surface area contributed by atoms with Crippen LogP contribution in [0.3, 0.4) is 0 Å². The number of imidazole rings is 1. The average molecular weight is 364 g/mol. The molecule has 26 heavy (non-hydrogen) atoms. The molecule has 2 unspecified atom stereocenters. The fourth-order valence-electron chi connectivity index (χ4n) is 3.95. The largest absolute Gasteiger partial charge is 0.372 e. The molecular weight excluding hydrogens is 330 g/mol. The van der Waals surface area contributed by atoms with Crippen LogP contribution in [0.15, 0.2) is 12.4 Å². The van der Waals surface area contributed by atoms with Crippen LogP contribution in [0.2, 0.25) is 0 Å². The fraction of sp³-hybridized carbons (Fsp3) is 0.789. The number of aromatic nitrogens is 2. The summed E-state index contributed by atoms with van der Waals surface area (Å²) in [6.45, 7) is 14.2. The SMILES string of the molecule is CCc1nccn1CCN1CCN(CC(=O)N2CC(C)OC(C)C2)CC1. The van der Waals surface area contributed by atoms with Gasteiger partial charge >= 0.3 is 0 Å². The normalized spacial score (nSPS) is 25.6. The summed E-state index contributed by atoms with van der Waals surface area (Å²) >= 11 is 0. The van der Waals surface area contributed by atoms with Crippen molar-refractivity contribution in [3.8, 4) is 0 Å². The maximum absolute atomic E-state index is 12.6. The predicted molar refractivity (Wildman–Crippen MR) is 101 cm³/mol. The molecule has 2 atom stereocenters. The molecule has 0 saturated carbocycles. The van der Waals surface area contributed by atoms with Crippen molar-refractivity contribution in [3.05, 3.63) is 18.2 Å². The lowest BCUT2D eigenvalue weighted by molar-refractivity contribution is -0.144. The van der Waals surface area contributed by atoms with E-state index in [1.807, 2.05) is 24.9 Å². The summed E-state index contributed by atoms with van der Waals surface area (Å²) in [5, 5.41) is 0. The van der Waals surface area contributed by atoms with Gasteiger partial charge in [0.2, 0.25) is 5.91 Å². The topological polar surface area (TPSA) is 53.8 Å². The molecule has 7 heteroatoms. The number of amides is 1. The molecule has 1 amide bonds. The van der Waals surface area contributed by atoms with E-state index in [2.05, 4.69) is 32.5 Å². The Balaban J connectivity index is 1.39. The zero-order valence-corrected chi connectivity index (χ0v) is 16.4. The average Bonchev–Trinajstić information content (AvgIpc) is 3.08. The van der Waals surface area contributed by atoms with Gasteiger partial charge in [-0.2, -0.15) is 0 Å². The Labute approximate surface area is 156 Å². The van der Waals surface area contributed by atoms with Gasteiger partial charge < -0.3 is 14.2 Å². The van der Waals surface area contributed by atoms with Crippen molar-refractivity contribution in [2.75, 3.05) is 52.4 Å². The molecule has 146 valence electrons. The monoisotopic (exact) mass is 363 g/mol. The van der Waals surface area contributed by atoms with Gasteiger partial charge in [0, 0.05) is 71.2 Å². The number of rotatable bonds is 6. The molecular formula is C19H33N5O2. The molecule has 0 aliphatic carbocycles. The second-order valence-electron chi connectivity index (χ2n) is 7.56. The van der Waals surface area contributed by atoms with Crippen LogP contribution in [-0.2, 0) is 22.5 Å². The Morgan fingerprint density at radius 3 is 2.42 bits per heavy atom. The molecule has 0 spiro atoms. The molecule has 2 fully saturated rings. The van der Waals surface area contributed by atoms with E-state index in [0.29, 0.717) is 19.6 Å². The van der Waals surface area contributed by atoms with Gasteiger partial charge in [-0.3, -0.25) is 14.6 Å². The first-order chi connectivity index (χ1) is 12.5. The third-order valence-corrected chi connectivity index (χ3v) is 5.37. The third-order valence-electron chi connectivity index (χ3n) is 5.37. The van der Waals surface area contributed by atoms with E-state index in [1.54, 1.807) is 0 Å². The van der Waals surface area contributed by atoms with Crippen molar-refractivity contribution in [1.82, 2.24) is 24.3 Å². The zero-order valence-electron chi connectivity index (χ0n) is 16.4. The summed E-state index contributed by atoms with van der Waals surface area (Å²) in [7, 11) is 0. The van der Waals surface area contributed by atoms with Gasteiger partial charge in [0.25, 0.3) is 0 Å². The summed E-state index contributed by atoms with van der Waals surface area (Å²) in [5.41, 5.74) is 0. The molecule has 1 aromatic rings. The first-order valence-corrected chi connectivity index (χ1v) is 9.93. The summed E-state index contributed by atoms with van der Waals surface area (Å²) < 4.78 is 7.97. The molecule has 0 aromatic carbocycles. The molecule has 0 bridgehead atoms. The lowest BCUT2D eigenvalue weighted by Crippen LogP contribution is -2.54. The number of carbonyl (C=O) groups is 1. The third kappa shape index (κ3) is 5.05. The Kier molecular flexibility index (Phi) is 6.67. The molecule has 0 radical (unpaired) electrons. The smallest absolute Gasteiger partial charge is 0.236 e. The van der Waals surface area contributed by atoms with Gasteiger partial charge in [-0.05, 0) is 13.8 Å². The molecule has 7 nitrogen and oxygen atoms in total. The van der Waals surface area contributed by atoms with Crippen LogP contribution < -0.4 is 0 Å². The van der Waals surface area contributed by atoms with E-state index in [-0.39, 0.29) is 18.1 Å². The van der Waals surface area contributed by atoms with Crippen molar-refractivity contribution in [2.24, 2.45) is 0 Å². The minimum Gasteiger partial charge on any atom is -0.372 e. The Hall–Kier alpha value is -1.44. The van der Waals surface area contributed by atoms with Crippen molar-refractivity contribution in [1.29, 1.82) is 0 Å². The lowest BCUT2D eigenvalue weighted by atomic mass is 10.2. The summed E-state index contributed by atoms with van der Waals surface area (Å²) in [6, 6.07) is 0. The van der Waals surface area contributed by atoms with E-state index in [0.717, 1.165) is 51.5 Å². The summed E-state index contributed by atoms with van der Waals surface area (Å²) in [6.07, 6.45) is 5.20. The number of nitrogens with zero attached hydrogens (tertiary/aromatic N) is 5. The summed E-state index contributed by atoms with van der Waals surface area (Å²) in [4.78, 5) is 23.7. The quantitative estimate of drug-likeness (QED) is 0.745. The van der Waals surface area contributed by atoms with Crippen LogP contribution in [0.4, 0.5) is 0 Å². The van der Waals surface area contributed by atoms with Crippen molar-refractivity contribution < 1.29 is 9.53 Å². The molecule has 2 aliphatic heterocycles. The van der Waals surface area contributed by atoms with Crippen LogP contribution in [0, 0.1) is 0 Å². The maximum Gasteiger partial charge on any atom is 0.236 e. The van der Waals surface area contributed by atoms with Crippen LogP contribution >= 0.6 is 0 Å². The minimum atomic E-state index is 0.135. The van der Waals surface area contributed by atoms with Crippen LogP contribution in [0.5, 0.6) is 0 Å². The number of aryl methyl sites for hydroxylation is 1. The Morgan fingerprint density at radius 2 is 1.77 bits per heavy atom. The van der Waals surface area contributed by atoms with Gasteiger partial charge in [-0.15, -0.1) is 0 Å². The molecule has 1 aromatic heterocycles. The van der Waals surface area contributed by atoms with E-state index in [1.165, 1.54) is 0 Å². The highest BCUT2D eigenvalue weighted by Gasteiger charge is 2.27. The van der Waals surface area contributed by atoms with Crippen LogP contribution in [0.25, 0.3) is 0 Å². The number of piperazine rings is 1. The fourth-order valence-corrected chi connectivity index (χ4v) is 3.95. The number of carbonyl (C=O) groups excluding carboxylic acids is 1. The van der Waals surface area contributed by atoms with Crippen molar-refractivity contribution in [2.45, 2.75) is 45.9 Å². The molecule has 0 N–H and O–H groups in total.